The van der Waals surface area contributed by atoms with Crippen LogP contribution >= 0.6 is 0 Å². The molecule has 130 valence electrons. The third-order valence-electron chi connectivity index (χ3n) is 4.63. The first-order chi connectivity index (χ1) is 10.8. The summed E-state index contributed by atoms with van der Waals surface area (Å²) in [6, 6.07) is 1.93. The molecule has 0 aliphatic carbocycles. The molecular formula is C16H27N3O3S. The molecule has 6 nitrogen and oxygen atoms in total. The summed E-state index contributed by atoms with van der Waals surface area (Å²) in [6.07, 6.45) is 0.633. The highest BCUT2D eigenvalue weighted by Crippen LogP contribution is 2.15. The zero-order valence-electron chi connectivity index (χ0n) is 14.5. The molecule has 23 heavy (non-hydrogen) atoms. The second kappa shape index (κ2) is 7.15. The van der Waals surface area contributed by atoms with Crippen LogP contribution in [-0.2, 0) is 17.1 Å². The second-order valence-electron chi connectivity index (χ2n) is 6.26. The number of carbonyl (C=O) groups is 1. The Morgan fingerprint density at radius 1 is 1.17 bits per heavy atom. The number of hydrogen-bond acceptors (Lipinski definition) is 4. The van der Waals surface area contributed by atoms with E-state index in [0.717, 1.165) is 17.0 Å². The number of aromatic nitrogens is 1. The Bertz CT molecular complexity index is 671. The number of piperazine rings is 1. The molecule has 1 aliphatic rings. The summed E-state index contributed by atoms with van der Waals surface area (Å²) in [7, 11) is -1.17. The summed E-state index contributed by atoms with van der Waals surface area (Å²) in [6.45, 7) is 8.34. The molecule has 0 unspecified atom stereocenters. The molecule has 1 fully saturated rings. The third kappa shape index (κ3) is 4.02. The van der Waals surface area contributed by atoms with Crippen LogP contribution < -0.4 is 0 Å². The lowest BCUT2D eigenvalue weighted by Crippen LogP contribution is -2.50. The lowest BCUT2D eigenvalue weighted by molar-refractivity contribution is 0.0901. The van der Waals surface area contributed by atoms with Crippen LogP contribution in [0.15, 0.2) is 6.07 Å². The first-order valence-electron chi connectivity index (χ1n) is 8.12. The fraction of sp³-hybridized carbons (Fsp3) is 0.688. The van der Waals surface area contributed by atoms with Crippen molar-refractivity contribution in [1.29, 1.82) is 0 Å². The predicted molar refractivity (Wildman–Crippen MR) is 91.3 cm³/mol. The zero-order valence-corrected chi connectivity index (χ0v) is 15.3. The first kappa shape index (κ1) is 18.2. The molecule has 2 heterocycles. The van der Waals surface area contributed by atoms with Gasteiger partial charge in [-0.05, 0) is 26.3 Å². The maximum absolute atomic E-state index is 12.5. The maximum Gasteiger partial charge on any atom is 0.214 e. The van der Waals surface area contributed by atoms with E-state index >= 15 is 0 Å². The average Bonchev–Trinajstić information content (AvgIpc) is 2.75. The van der Waals surface area contributed by atoms with E-state index in [2.05, 4.69) is 0 Å². The van der Waals surface area contributed by atoms with Crippen molar-refractivity contribution in [2.45, 2.75) is 27.2 Å². The highest BCUT2D eigenvalue weighted by molar-refractivity contribution is 7.89. The SMILES string of the molecule is CCCS(=O)(=O)N1CCN(CC(=O)c2cc(C)n(C)c2C)CC1. The standard InChI is InChI=1S/C16H27N3O3S/c1-5-10-23(21,22)19-8-6-18(7-9-19)12-16(20)15-11-13(2)17(4)14(15)3/h11H,5-10,12H2,1-4H3. The molecule has 0 saturated carbocycles. The topological polar surface area (TPSA) is 62.6 Å². The van der Waals surface area contributed by atoms with Crippen molar-refractivity contribution in [2.75, 3.05) is 38.5 Å². The van der Waals surface area contributed by atoms with Crippen LogP contribution in [0, 0.1) is 13.8 Å². The largest absolute Gasteiger partial charge is 0.351 e. The van der Waals surface area contributed by atoms with Crippen molar-refractivity contribution in [2.24, 2.45) is 7.05 Å². The van der Waals surface area contributed by atoms with Gasteiger partial charge in [0.25, 0.3) is 0 Å². The van der Waals surface area contributed by atoms with Gasteiger partial charge in [0.2, 0.25) is 10.0 Å². The maximum atomic E-state index is 12.5. The highest BCUT2D eigenvalue weighted by Gasteiger charge is 2.27. The van der Waals surface area contributed by atoms with Crippen LogP contribution in [0.2, 0.25) is 0 Å². The van der Waals surface area contributed by atoms with Crippen LogP contribution in [0.25, 0.3) is 0 Å². The molecule has 0 aromatic carbocycles. The van der Waals surface area contributed by atoms with E-state index in [-0.39, 0.29) is 11.5 Å². The number of aryl methyl sites for hydroxylation is 1. The molecule has 2 rings (SSSR count). The van der Waals surface area contributed by atoms with Gasteiger partial charge in [0.1, 0.15) is 0 Å². The van der Waals surface area contributed by atoms with Gasteiger partial charge in [-0.3, -0.25) is 9.69 Å². The molecule has 0 N–H and O–H groups in total. The fourth-order valence-electron chi connectivity index (χ4n) is 2.98. The monoisotopic (exact) mass is 341 g/mol. The van der Waals surface area contributed by atoms with Crippen molar-refractivity contribution in [3.05, 3.63) is 23.0 Å². The molecule has 0 radical (unpaired) electrons. The Kier molecular flexibility index (Phi) is 5.65. The Morgan fingerprint density at radius 3 is 2.26 bits per heavy atom. The highest BCUT2D eigenvalue weighted by atomic mass is 32.2. The van der Waals surface area contributed by atoms with E-state index in [9.17, 15) is 13.2 Å². The second-order valence-corrected chi connectivity index (χ2v) is 8.35. The number of sulfonamides is 1. The number of hydrogen-bond donors (Lipinski definition) is 0. The third-order valence-corrected chi connectivity index (χ3v) is 6.71. The molecule has 1 saturated heterocycles. The van der Waals surface area contributed by atoms with E-state index in [1.807, 2.05) is 43.4 Å². The zero-order chi connectivity index (χ0) is 17.2. The summed E-state index contributed by atoms with van der Waals surface area (Å²) in [5.41, 5.74) is 2.82. The van der Waals surface area contributed by atoms with Gasteiger partial charge in [-0.15, -0.1) is 0 Å². The number of Topliss-reactive ketones (excluding diaryl/α,β-unsaturated/α-hetero) is 1. The molecule has 0 bridgehead atoms. The van der Waals surface area contributed by atoms with E-state index in [1.165, 1.54) is 0 Å². The minimum absolute atomic E-state index is 0.107. The summed E-state index contributed by atoms with van der Waals surface area (Å²) >= 11 is 0. The van der Waals surface area contributed by atoms with Crippen LogP contribution in [0.3, 0.4) is 0 Å². The molecule has 1 aromatic heterocycles. The quantitative estimate of drug-likeness (QED) is 0.729. The molecule has 0 spiro atoms. The summed E-state index contributed by atoms with van der Waals surface area (Å²) in [5.74, 6) is 0.310. The minimum atomic E-state index is -3.13. The Hall–Kier alpha value is -1.18. The van der Waals surface area contributed by atoms with Crippen molar-refractivity contribution in [3.63, 3.8) is 0 Å². The number of rotatable bonds is 6. The number of nitrogens with zero attached hydrogens (tertiary/aromatic N) is 3. The van der Waals surface area contributed by atoms with Crippen molar-refractivity contribution in [1.82, 2.24) is 13.8 Å². The van der Waals surface area contributed by atoms with E-state index < -0.39 is 10.0 Å². The van der Waals surface area contributed by atoms with Crippen molar-refractivity contribution >= 4 is 15.8 Å². The van der Waals surface area contributed by atoms with Gasteiger partial charge in [0.15, 0.2) is 5.78 Å². The summed E-state index contributed by atoms with van der Waals surface area (Å²) in [5, 5.41) is 0. The predicted octanol–water partition coefficient (Wildman–Crippen LogP) is 1.18. The normalized spacial score (nSPS) is 17.6. The smallest absolute Gasteiger partial charge is 0.214 e. The summed E-state index contributed by atoms with van der Waals surface area (Å²) < 4.78 is 27.7. The number of ketones is 1. The molecule has 1 aromatic rings. The molecule has 1 aliphatic heterocycles. The Balaban J connectivity index is 1.94. The van der Waals surface area contributed by atoms with E-state index in [4.69, 9.17) is 0 Å². The van der Waals surface area contributed by atoms with Gasteiger partial charge >= 0.3 is 0 Å². The van der Waals surface area contributed by atoms with Gasteiger partial charge in [-0.1, -0.05) is 6.92 Å². The van der Waals surface area contributed by atoms with Gasteiger partial charge in [0, 0.05) is 50.2 Å². The minimum Gasteiger partial charge on any atom is -0.351 e. The number of carbonyl (C=O) groups excluding carboxylic acids is 1. The molecule has 7 heteroatoms. The van der Waals surface area contributed by atoms with Gasteiger partial charge in [0.05, 0.1) is 12.3 Å². The lowest BCUT2D eigenvalue weighted by Gasteiger charge is -2.33. The van der Waals surface area contributed by atoms with Gasteiger partial charge in [-0.2, -0.15) is 4.31 Å². The average molecular weight is 341 g/mol. The molecular weight excluding hydrogens is 314 g/mol. The first-order valence-corrected chi connectivity index (χ1v) is 9.73. The van der Waals surface area contributed by atoms with Gasteiger partial charge < -0.3 is 4.57 Å². The van der Waals surface area contributed by atoms with Gasteiger partial charge in [-0.25, -0.2) is 8.42 Å². The Labute approximate surface area is 139 Å². The van der Waals surface area contributed by atoms with E-state index in [0.29, 0.717) is 39.1 Å². The summed E-state index contributed by atoms with van der Waals surface area (Å²) in [4.78, 5) is 14.5. The van der Waals surface area contributed by atoms with Crippen LogP contribution in [-0.4, -0.2) is 66.4 Å². The van der Waals surface area contributed by atoms with Crippen molar-refractivity contribution in [3.8, 4) is 0 Å². The van der Waals surface area contributed by atoms with E-state index in [1.54, 1.807) is 4.31 Å². The van der Waals surface area contributed by atoms with Crippen molar-refractivity contribution < 1.29 is 13.2 Å². The van der Waals surface area contributed by atoms with Crippen LogP contribution in [0.1, 0.15) is 35.1 Å². The molecule has 0 atom stereocenters. The fourth-order valence-corrected chi connectivity index (χ4v) is 4.47. The van der Waals surface area contributed by atoms with Crippen LogP contribution in [0.5, 0.6) is 0 Å². The lowest BCUT2D eigenvalue weighted by atomic mass is 10.1. The molecule has 0 amide bonds. The van der Waals surface area contributed by atoms with Crippen LogP contribution in [0.4, 0.5) is 0 Å². The Morgan fingerprint density at radius 2 is 1.78 bits per heavy atom.